The Hall–Kier alpha value is -1.42. The average Bonchev–Trinajstić information content (AvgIpc) is 2.65. The van der Waals surface area contributed by atoms with Crippen LogP contribution in [-0.2, 0) is 4.74 Å². The zero-order valence-corrected chi connectivity index (χ0v) is 8.50. The summed E-state index contributed by atoms with van der Waals surface area (Å²) < 4.78 is 5.88. The first kappa shape index (κ1) is 9.15. The second-order valence-electron chi connectivity index (χ2n) is 2.75. The quantitative estimate of drug-likeness (QED) is 0.710. The van der Waals surface area contributed by atoms with Gasteiger partial charge in [0, 0.05) is 17.8 Å². The molecule has 3 nitrogen and oxygen atoms in total. The zero-order chi connectivity index (χ0) is 9.97. The van der Waals surface area contributed by atoms with Gasteiger partial charge in [0.05, 0.1) is 16.9 Å². The molecule has 0 aromatic carbocycles. The molecule has 0 bridgehead atoms. The molecule has 0 amide bonds. The molecule has 0 atom stereocenters. The molecule has 0 saturated heterocycles. The van der Waals surface area contributed by atoms with Gasteiger partial charge in [-0.25, -0.2) is 4.79 Å². The fraction of sp³-hybridized carbons (Fsp3) is 0.200. The molecule has 0 saturated carbocycles. The highest BCUT2D eigenvalue weighted by molar-refractivity contribution is 7.17. The minimum absolute atomic E-state index is 0.298. The summed E-state index contributed by atoms with van der Waals surface area (Å²) in [5.74, 6) is -0.298. The van der Waals surface area contributed by atoms with Crippen LogP contribution < -0.4 is 0 Å². The minimum atomic E-state index is -0.298. The number of hydrogen-bond donors (Lipinski definition) is 0. The van der Waals surface area contributed by atoms with E-state index in [1.165, 1.54) is 11.3 Å². The van der Waals surface area contributed by atoms with Crippen LogP contribution in [0.15, 0.2) is 23.8 Å². The number of nitrogens with zero attached hydrogens (tertiary/aromatic N) is 1. The Morgan fingerprint density at radius 1 is 1.57 bits per heavy atom. The number of fused-ring (bicyclic) bond motifs is 1. The van der Waals surface area contributed by atoms with Gasteiger partial charge in [0.2, 0.25) is 0 Å². The standard InChI is InChI=1S/C10H9NO2S/c1-2-13-10(12)8-6-11-5-7-3-4-14-9(7)8/h3-6H,2H2,1H3. The summed E-state index contributed by atoms with van der Waals surface area (Å²) in [6.07, 6.45) is 3.30. The number of thiophene rings is 1. The number of esters is 1. The van der Waals surface area contributed by atoms with Crippen LogP contribution in [0.1, 0.15) is 17.3 Å². The van der Waals surface area contributed by atoms with E-state index in [1.54, 1.807) is 19.3 Å². The van der Waals surface area contributed by atoms with Crippen LogP contribution >= 0.6 is 11.3 Å². The average molecular weight is 207 g/mol. The topological polar surface area (TPSA) is 39.2 Å². The Morgan fingerprint density at radius 2 is 2.43 bits per heavy atom. The Bertz CT molecular complexity index is 464. The van der Waals surface area contributed by atoms with E-state index in [2.05, 4.69) is 4.98 Å². The summed E-state index contributed by atoms with van der Waals surface area (Å²) in [6, 6.07) is 1.94. The molecule has 2 heterocycles. The monoisotopic (exact) mass is 207 g/mol. The lowest BCUT2D eigenvalue weighted by Gasteiger charge is -2.01. The van der Waals surface area contributed by atoms with Crippen LogP contribution in [0.5, 0.6) is 0 Å². The van der Waals surface area contributed by atoms with Gasteiger partial charge in [0.1, 0.15) is 0 Å². The number of ether oxygens (including phenoxy) is 1. The molecule has 0 fully saturated rings. The molecule has 14 heavy (non-hydrogen) atoms. The van der Waals surface area contributed by atoms with Gasteiger partial charge in [-0.15, -0.1) is 11.3 Å². The maximum absolute atomic E-state index is 11.5. The summed E-state index contributed by atoms with van der Waals surface area (Å²) >= 11 is 1.53. The second-order valence-corrected chi connectivity index (χ2v) is 3.66. The van der Waals surface area contributed by atoms with Crippen LogP contribution in [0.2, 0.25) is 0 Å². The largest absolute Gasteiger partial charge is 0.462 e. The molecule has 0 N–H and O–H groups in total. The van der Waals surface area contributed by atoms with Gasteiger partial charge in [0.15, 0.2) is 0 Å². The lowest BCUT2D eigenvalue weighted by Crippen LogP contribution is -2.04. The summed E-state index contributed by atoms with van der Waals surface area (Å²) in [5, 5.41) is 2.93. The van der Waals surface area contributed by atoms with Crippen molar-refractivity contribution in [2.75, 3.05) is 6.61 Å². The van der Waals surface area contributed by atoms with Crippen molar-refractivity contribution in [3.8, 4) is 0 Å². The van der Waals surface area contributed by atoms with Gasteiger partial charge in [-0.05, 0) is 18.4 Å². The molecule has 2 aromatic heterocycles. The molecule has 0 radical (unpaired) electrons. The summed E-state index contributed by atoms with van der Waals surface area (Å²) in [4.78, 5) is 15.5. The molecule has 0 aliphatic heterocycles. The Labute approximate surface area is 85.3 Å². The molecule has 0 aliphatic rings. The zero-order valence-electron chi connectivity index (χ0n) is 7.69. The van der Waals surface area contributed by atoms with Crippen LogP contribution in [0, 0.1) is 0 Å². The Morgan fingerprint density at radius 3 is 3.21 bits per heavy atom. The molecule has 0 unspecified atom stereocenters. The number of pyridine rings is 1. The predicted molar refractivity (Wildman–Crippen MR) is 55.6 cm³/mol. The van der Waals surface area contributed by atoms with Crippen LogP contribution in [0.25, 0.3) is 10.1 Å². The van der Waals surface area contributed by atoms with Crippen molar-refractivity contribution in [3.63, 3.8) is 0 Å². The van der Waals surface area contributed by atoms with E-state index in [1.807, 2.05) is 11.4 Å². The lowest BCUT2D eigenvalue weighted by molar-refractivity contribution is 0.0528. The molecular weight excluding hydrogens is 198 g/mol. The molecule has 2 aromatic rings. The number of hydrogen-bond acceptors (Lipinski definition) is 4. The first-order valence-electron chi connectivity index (χ1n) is 4.31. The van der Waals surface area contributed by atoms with E-state index < -0.39 is 0 Å². The highest BCUT2D eigenvalue weighted by Gasteiger charge is 2.11. The van der Waals surface area contributed by atoms with E-state index in [4.69, 9.17) is 4.74 Å². The van der Waals surface area contributed by atoms with Gasteiger partial charge < -0.3 is 4.74 Å². The van der Waals surface area contributed by atoms with Gasteiger partial charge in [-0.1, -0.05) is 0 Å². The van der Waals surface area contributed by atoms with E-state index in [0.29, 0.717) is 12.2 Å². The predicted octanol–water partition coefficient (Wildman–Crippen LogP) is 2.47. The van der Waals surface area contributed by atoms with Crippen LogP contribution in [-0.4, -0.2) is 17.6 Å². The minimum Gasteiger partial charge on any atom is -0.462 e. The van der Waals surface area contributed by atoms with Crippen molar-refractivity contribution in [2.24, 2.45) is 0 Å². The first-order chi connectivity index (χ1) is 6.83. The summed E-state index contributed by atoms with van der Waals surface area (Å²) in [6.45, 7) is 2.18. The first-order valence-corrected chi connectivity index (χ1v) is 5.19. The number of rotatable bonds is 2. The summed E-state index contributed by atoms with van der Waals surface area (Å²) in [5.41, 5.74) is 0.555. The highest BCUT2D eigenvalue weighted by Crippen LogP contribution is 2.23. The molecule has 2 rings (SSSR count). The van der Waals surface area contributed by atoms with Crippen molar-refractivity contribution < 1.29 is 9.53 Å². The fourth-order valence-corrected chi connectivity index (χ4v) is 2.12. The molecule has 72 valence electrons. The van der Waals surface area contributed by atoms with E-state index in [9.17, 15) is 4.79 Å². The smallest absolute Gasteiger partial charge is 0.341 e. The van der Waals surface area contributed by atoms with E-state index in [-0.39, 0.29) is 5.97 Å². The van der Waals surface area contributed by atoms with Crippen molar-refractivity contribution in [1.82, 2.24) is 4.98 Å². The fourth-order valence-electron chi connectivity index (χ4n) is 1.24. The van der Waals surface area contributed by atoms with Gasteiger partial charge in [0.25, 0.3) is 0 Å². The number of aromatic nitrogens is 1. The Balaban J connectivity index is 2.50. The van der Waals surface area contributed by atoms with Crippen molar-refractivity contribution in [1.29, 1.82) is 0 Å². The third kappa shape index (κ3) is 1.48. The van der Waals surface area contributed by atoms with Crippen LogP contribution in [0.4, 0.5) is 0 Å². The van der Waals surface area contributed by atoms with Crippen molar-refractivity contribution in [2.45, 2.75) is 6.92 Å². The third-order valence-corrected chi connectivity index (χ3v) is 2.82. The van der Waals surface area contributed by atoms with E-state index >= 15 is 0 Å². The van der Waals surface area contributed by atoms with Gasteiger partial charge in [-0.2, -0.15) is 0 Å². The molecule has 0 aliphatic carbocycles. The van der Waals surface area contributed by atoms with Crippen molar-refractivity contribution in [3.05, 3.63) is 29.4 Å². The van der Waals surface area contributed by atoms with Crippen LogP contribution in [0.3, 0.4) is 0 Å². The maximum atomic E-state index is 11.5. The summed E-state index contributed by atoms with van der Waals surface area (Å²) in [7, 11) is 0. The lowest BCUT2D eigenvalue weighted by atomic mass is 10.2. The Kier molecular flexibility index (Phi) is 2.45. The van der Waals surface area contributed by atoms with Gasteiger partial charge in [-0.3, -0.25) is 4.98 Å². The SMILES string of the molecule is CCOC(=O)c1cncc2ccsc12. The molecular formula is C10H9NO2S. The van der Waals surface area contributed by atoms with Crippen molar-refractivity contribution >= 4 is 27.4 Å². The van der Waals surface area contributed by atoms with Gasteiger partial charge >= 0.3 is 5.97 Å². The van der Waals surface area contributed by atoms with E-state index in [0.717, 1.165) is 10.1 Å². The number of carbonyl (C=O) groups excluding carboxylic acids is 1. The molecule has 4 heteroatoms. The molecule has 0 spiro atoms. The number of carbonyl (C=O) groups is 1. The third-order valence-electron chi connectivity index (χ3n) is 1.85. The second kappa shape index (κ2) is 3.75. The maximum Gasteiger partial charge on any atom is 0.341 e. The highest BCUT2D eigenvalue weighted by atomic mass is 32.1. The normalized spacial score (nSPS) is 10.4.